The van der Waals surface area contributed by atoms with Crippen LogP contribution < -0.4 is 4.74 Å². The minimum atomic E-state index is -4.69. The zero-order chi connectivity index (χ0) is 26.8. The average Bonchev–Trinajstić information content (AvgIpc) is 3.18. The zero-order valence-electron chi connectivity index (χ0n) is 21.5. The number of H-pyrrole nitrogens is 1. The van der Waals surface area contributed by atoms with E-state index in [0.29, 0.717) is 18.1 Å². The third-order valence-electron chi connectivity index (χ3n) is 5.74. The first-order valence-electron chi connectivity index (χ1n) is 11.6. The lowest BCUT2D eigenvalue weighted by atomic mass is 9.81. The molecule has 1 aliphatic rings. The molecule has 0 saturated carbocycles. The number of hydrogen-bond acceptors (Lipinski definition) is 6. The maximum Gasteiger partial charge on any atom is 0.435 e. The summed E-state index contributed by atoms with van der Waals surface area (Å²) in [5, 5.41) is 5.99. The summed E-state index contributed by atoms with van der Waals surface area (Å²) in [6.45, 7) is 12.3. The molecule has 1 aliphatic heterocycles. The fraction of sp³-hybridized carbons (Fsp3) is 0.462. The molecule has 0 atom stereocenters. The van der Waals surface area contributed by atoms with Crippen molar-refractivity contribution in [3.63, 3.8) is 0 Å². The number of benzene rings is 1. The normalized spacial score (nSPS) is 15.4. The van der Waals surface area contributed by atoms with Crippen molar-refractivity contribution in [2.24, 2.45) is 0 Å². The van der Waals surface area contributed by atoms with E-state index >= 15 is 0 Å². The maximum atomic E-state index is 13.9. The second kappa shape index (κ2) is 10.4. The van der Waals surface area contributed by atoms with E-state index in [2.05, 4.69) is 16.8 Å². The first-order chi connectivity index (χ1) is 16.7. The summed E-state index contributed by atoms with van der Waals surface area (Å²) >= 11 is 0. The summed E-state index contributed by atoms with van der Waals surface area (Å²) in [5.41, 5.74) is -0.959. The predicted octanol–water partition coefficient (Wildman–Crippen LogP) is 4.93. The Bertz CT molecular complexity index is 1130. The highest BCUT2D eigenvalue weighted by molar-refractivity contribution is 6.16. The fourth-order valence-electron chi connectivity index (χ4n) is 4.03. The van der Waals surface area contributed by atoms with Gasteiger partial charge in [0.25, 0.3) is 0 Å². The van der Waals surface area contributed by atoms with Crippen molar-refractivity contribution in [1.29, 1.82) is 0 Å². The third kappa shape index (κ3) is 6.10. The minimum Gasteiger partial charge on any atom is -0.492 e. The molecule has 0 fully saturated rings. The van der Waals surface area contributed by atoms with Gasteiger partial charge in [0, 0.05) is 36.0 Å². The minimum absolute atomic E-state index is 0.00193. The van der Waals surface area contributed by atoms with Crippen LogP contribution in [0.2, 0.25) is 0 Å². The first-order valence-corrected chi connectivity index (χ1v) is 11.6. The van der Waals surface area contributed by atoms with E-state index < -0.39 is 29.4 Å². The Labute approximate surface area is 209 Å². The number of hydrogen-bond donors (Lipinski definition) is 1. The highest BCUT2D eigenvalue weighted by atomic mass is 19.4. The largest absolute Gasteiger partial charge is 0.492 e. The smallest absolute Gasteiger partial charge is 0.435 e. The number of aromatic nitrogens is 2. The maximum absolute atomic E-state index is 13.9. The van der Waals surface area contributed by atoms with Crippen LogP contribution in [0.4, 0.5) is 13.2 Å². The molecule has 0 spiro atoms. The molecule has 1 aromatic heterocycles. The van der Waals surface area contributed by atoms with Crippen molar-refractivity contribution in [1.82, 2.24) is 20.0 Å². The number of carbonyl (C=O) groups is 1. The second-order valence-electron chi connectivity index (χ2n) is 9.95. The number of esters is 1. The van der Waals surface area contributed by atoms with Crippen LogP contribution in [0.3, 0.4) is 0 Å². The Kier molecular flexibility index (Phi) is 7.88. The molecule has 0 bridgehead atoms. The first kappa shape index (κ1) is 27.3. The number of halogens is 3. The number of aromatic amines is 1. The molecule has 0 radical (unpaired) electrons. The lowest BCUT2D eigenvalue weighted by Gasteiger charge is -2.32. The van der Waals surface area contributed by atoms with E-state index in [1.165, 1.54) is 6.20 Å². The van der Waals surface area contributed by atoms with Crippen LogP contribution in [0.5, 0.6) is 5.75 Å². The van der Waals surface area contributed by atoms with Gasteiger partial charge < -0.3 is 19.3 Å². The van der Waals surface area contributed by atoms with Crippen LogP contribution in [0.25, 0.3) is 11.3 Å². The molecule has 0 amide bonds. The van der Waals surface area contributed by atoms with Gasteiger partial charge in [0.15, 0.2) is 5.69 Å². The van der Waals surface area contributed by atoms with Crippen molar-refractivity contribution in [3.8, 4) is 5.75 Å². The van der Waals surface area contributed by atoms with Crippen LogP contribution in [0.15, 0.2) is 37.0 Å². The number of ether oxygens (including phenoxy) is 2. The summed E-state index contributed by atoms with van der Waals surface area (Å²) in [6.07, 6.45) is -3.66. The number of rotatable bonds is 8. The number of nitrogens with one attached hydrogen (secondary N) is 1. The number of alkyl halides is 3. The van der Waals surface area contributed by atoms with E-state index in [1.807, 2.05) is 43.3 Å². The van der Waals surface area contributed by atoms with Gasteiger partial charge in [-0.3, -0.25) is 5.10 Å². The third-order valence-corrected chi connectivity index (χ3v) is 5.74. The van der Waals surface area contributed by atoms with Crippen LogP contribution in [-0.2, 0) is 21.1 Å². The van der Waals surface area contributed by atoms with Crippen molar-refractivity contribution in [2.45, 2.75) is 45.4 Å². The van der Waals surface area contributed by atoms with E-state index in [4.69, 9.17) is 9.47 Å². The summed E-state index contributed by atoms with van der Waals surface area (Å²) in [6, 6.07) is 7.27. The topological polar surface area (TPSA) is 70.7 Å². The van der Waals surface area contributed by atoms with Crippen molar-refractivity contribution >= 4 is 17.2 Å². The molecule has 1 N–H and O–H groups in total. The quantitative estimate of drug-likeness (QED) is 0.513. The van der Waals surface area contributed by atoms with Gasteiger partial charge in [-0.05, 0) is 57.8 Å². The van der Waals surface area contributed by atoms with Crippen LogP contribution in [-0.4, -0.2) is 65.9 Å². The summed E-state index contributed by atoms with van der Waals surface area (Å²) < 4.78 is 52.6. The highest BCUT2D eigenvalue weighted by Crippen LogP contribution is 2.43. The summed E-state index contributed by atoms with van der Waals surface area (Å²) in [5.74, 6) is -0.0547. The Morgan fingerprint density at radius 2 is 1.89 bits per heavy atom. The summed E-state index contributed by atoms with van der Waals surface area (Å²) in [7, 11) is 3.92. The molecular formula is C26H33F3N4O3. The zero-order valence-corrected chi connectivity index (χ0v) is 21.5. The van der Waals surface area contributed by atoms with Gasteiger partial charge in [-0.1, -0.05) is 20.4 Å². The molecule has 7 nitrogen and oxygen atoms in total. The van der Waals surface area contributed by atoms with Crippen molar-refractivity contribution < 1.29 is 27.4 Å². The van der Waals surface area contributed by atoms with E-state index in [9.17, 15) is 18.0 Å². The lowest BCUT2D eigenvalue weighted by molar-refractivity contribution is -0.142. The highest BCUT2D eigenvalue weighted by Gasteiger charge is 2.45. The molecule has 0 saturated heterocycles. The molecule has 10 heteroatoms. The Morgan fingerprint density at radius 1 is 1.25 bits per heavy atom. The van der Waals surface area contributed by atoms with E-state index in [0.717, 1.165) is 12.1 Å². The van der Waals surface area contributed by atoms with E-state index in [1.54, 1.807) is 32.6 Å². The van der Waals surface area contributed by atoms with Gasteiger partial charge in [-0.15, -0.1) is 0 Å². The van der Waals surface area contributed by atoms with Gasteiger partial charge >= 0.3 is 12.1 Å². The van der Waals surface area contributed by atoms with Gasteiger partial charge in [-0.2, -0.15) is 18.3 Å². The van der Waals surface area contributed by atoms with Crippen LogP contribution in [0, 0.1) is 0 Å². The van der Waals surface area contributed by atoms with E-state index in [-0.39, 0.29) is 23.4 Å². The molecule has 0 unspecified atom stereocenters. The Morgan fingerprint density at radius 3 is 2.44 bits per heavy atom. The SMILES string of the molecule is C=C(c1ccc(OCCN(C)C)cc1)N1C=C(C(=O)OC(C)C)c2[nH]nc(C(F)(F)F)c2C(C)(C)C1. The molecule has 196 valence electrons. The van der Waals surface area contributed by atoms with Crippen LogP contribution in [0.1, 0.15) is 50.2 Å². The standard InChI is InChI=1S/C26H33F3N4O3/c1-16(2)36-24(34)20-14-33(15-25(4,5)21-22(20)30-31-23(21)26(27,28)29)17(3)18-8-10-19(11-9-18)35-13-12-32(6)7/h8-11,14,16H,3,12-13,15H2,1-2,4-7H3,(H,30,31). The molecular weight excluding hydrogens is 473 g/mol. The molecule has 2 aromatic rings. The number of likely N-dealkylation sites (N-methyl/N-ethyl adjacent to an activating group) is 1. The molecule has 3 rings (SSSR count). The van der Waals surface area contributed by atoms with Crippen LogP contribution >= 0.6 is 0 Å². The van der Waals surface area contributed by atoms with Gasteiger partial charge in [0.2, 0.25) is 0 Å². The van der Waals surface area contributed by atoms with Crippen molar-refractivity contribution in [2.75, 3.05) is 33.8 Å². The van der Waals surface area contributed by atoms with Gasteiger partial charge in [0.05, 0.1) is 11.8 Å². The summed E-state index contributed by atoms with van der Waals surface area (Å²) in [4.78, 5) is 16.7. The monoisotopic (exact) mass is 506 g/mol. The van der Waals surface area contributed by atoms with Gasteiger partial charge in [-0.25, -0.2) is 4.79 Å². The Hall–Kier alpha value is -3.27. The second-order valence-corrected chi connectivity index (χ2v) is 9.95. The fourth-order valence-corrected chi connectivity index (χ4v) is 4.03. The Balaban J connectivity index is 1.99. The molecule has 36 heavy (non-hydrogen) atoms. The number of nitrogens with zero attached hydrogens (tertiary/aromatic N) is 3. The molecule has 0 aliphatic carbocycles. The number of fused-ring (bicyclic) bond motifs is 1. The molecule has 1 aromatic carbocycles. The van der Waals surface area contributed by atoms with Crippen molar-refractivity contribution in [3.05, 3.63) is 59.6 Å². The molecule has 2 heterocycles. The number of carbonyl (C=O) groups excluding carboxylic acids is 1. The van der Waals surface area contributed by atoms with Gasteiger partial charge in [0.1, 0.15) is 17.9 Å². The predicted molar refractivity (Wildman–Crippen MR) is 132 cm³/mol. The average molecular weight is 507 g/mol. The lowest BCUT2D eigenvalue weighted by Crippen LogP contribution is -2.33.